The van der Waals surface area contributed by atoms with E-state index in [1.807, 2.05) is 42.7 Å². The molecule has 0 saturated carbocycles. The fraction of sp³-hybridized carbons (Fsp3) is 0.267. The Morgan fingerprint density at radius 1 is 1.00 bits per heavy atom. The van der Waals surface area contributed by atoms with Crippen LogP contribution in [0.4, 0.5) is 0 Å². The van der Waals surface area contributed by atoms with Gasteiger partial charge in [-0.3, -0.25) is 4.98 Å². The Kier molecular flexibility index (Phi) is 4.34. The van der Waals surface area contributed by atoms with Gasteiger partial charge in [-0.1, -0.05) is 29.8 Å². The van der Waals surface area contributed by atoms with Crippen LogP contribution in [0.2, 0.25) is 5.02 Å². The van der Waals surface area contributed by atoms with Crippen LogP contribution < -0.4 is 5.32 Å². The molecule has 1 heterocycles. The summed E-state index contributed by atoms with van der Waals surface area (Å²) in [6, 6.07) is 12.5. The van der Waals surface area contributed by atoms with Crippen molar-refractivity contribution in [3.8, 4) is 0 Å². The fourth-order valence-corrected chi connectivity index (χ4v) is 2.34. The molecule has 1 N–H and O–H groups in total. The zero-order chi connectivity index (χ0) is 13.0. The number of hydrogen-bond acceptors (Lipinski definition) is 2. The Morgan fingerprint density at radius 2 is 1.67 bits per heavy atom. The van der Waals surface area contributed by atoms with E-state index in [0.29, 0.717) is 0 Å². The molecular formula is C15H17ClN2. The maximum absolute atomic E-state index is 6.20. The van der Waals surface area contributed by atoms with Gasteiger partial charge in [0.25, 0.3) is 0 Å². The maximum Gasteiger partial charge on any atom is 0.0453 e. The second-order valence-corrected chi connectivity index (χ2v) is 4.82. The maximum atomic E-state index is 6.20. The van der Waals surface area contributed by atoms with Gasteiger partial charge in [0.15, 0.2) is 0 Å². The van der Waals surface area contributed by atoms with Crippen LogP contribution in [0, 0.1) is 0 Å². The molecule has 2 rings (SSSR count). The summed E-state index contributed by atoms with van der Waals surface area (Å²) in [7, 11) is 0. The molecule has 2 atom stereocenters. The van der Waals surface area contributed by atoms with Gasteiger partial charge in [-0.2, -0.15) is 0 Å². The van der Waals surface area contributed by atoms with Gasteiger partial charge in [-0.15, -0.1) is 0 Å². The molecule has 94 valence electrons. The number of halogens is 1. The van der Waals surface area contributed by atoms with E-state index < -0.39 is 0 Å². The normalized spacial score (nSPS) is 14.2. The van der Waals surface area contributed by atoms with Gasteiger partial charge < -0.3 is 5.32 Å². The average molecular weight is 261 g/mol. The molecule has 1 unspecified atom stereocenters. The standard InChI is InChI=1S/C15H17ClN2/c1-11(13-7-9-17-10-8-13)18-12(2)14-5-3-4-6-15(14)16/h3-12,18H,1-2H3/t11-,12?/m1/s1. The Bertz CT molecular complexity index is 499. The first kappa shape index (κ1) is 13.1. The van der Waals surface area contributed by atoms with Crippen LogP contribution in [0.25, 0.3) is 0 Å². The smallest absolute Gasteiger partial charge is 0.0453 e. The van der Waals surface area contributed by atoms with Gasteiger partial charge in [0.05, 0.1) is 0 Å². The van der Waals surface area contributed by atoms with Crippen LogP contribution in [-0.2, 0) is 0 Å². The first-order valence-corrected chi connectivity index (χ1v) is 6.46. The molecule has 1 aromatic heterocycles. The van der Waals surface area contributed by atoms with Crippen molar-refractivity contribution >= 4 is 11.6 Å². The highest BCUT2D eigenvalue weighted by Crippen LogP contribution is 2.24. The minimum absolute atomic E-state index is 0.210. The summed E-state index contributed by atoms with van der Waals surface area (Å²) >= 11 is 6.20. The van der Waals surface area contributed by atoms with Crippen molar-refractivity contribution in [2.24, 2.45) is 0 Å². The van der Waals surface area contributed by atoms with Crippen LogP contribution in [0.1, 0.15) is 37.1 Å². The Balaban J connectivity index is 2.08. The van der Waals surface area contributed by atoms with Crippen molar-refractivity contribution in [1.82, 2.24) is 10.3 Å². The van der Waals surface area contributed by atoms with E-state index in [9.17, 15) is 0 Å². The number of nitrogens with zero attached hydrogens (tertiary/aromatic N) is 1. The summed E-state index contributed by atoms with van der Waals surface area (Å²) in [4.78, 5) is 4.03. The van der Waals surface area contributed by atoms with Crippen LogP contribution in [0.15, 0.2) is 48.8 Å². The second kappa shape index (κ2) is 5.98. The van der Waals surface area contributed by atoms with Gasteiger partial charge >= 0.3 is 0 Å². The highest BCUT2D eigenvalue weighted by atomic mass is 35.5. The molecule has 0 saturated heterocycles. The van der Waals surface area contributed by atoms with E-state index in [4.69, 9.17) is 11.6 Å². The second-order valence-electron chi connectivity index (χ2n) is 4.41. The number of nitrogens with one attached hydrogen (secondary N) is 1. The SMILES string of the molecule is CC(N[C@H](C)c1ccncc1)c1ccccc1Cl. The van der Waals surface area contributed by atoms with E-state index in [1.54, 1.807) is 0 Å². The molecule has 3 heteroatoms. The lowest BCUT2D eigenvalue weighted by Crippen LogP contribution is -2.22. The number of benzene rings is 1. The average Bonchev–Trinajstić information content (AvgIpc) is 2.40. The van der Waals surface area contributed by atoms with Gasteiger partial charge in [-0.05, 0) is 43.2 Å². The third kappa shape index (κ3) is 3.09. The molecule has 0 radical (unpaired) electrons. The zero-order valence-corrected chi connectivity index (χ0v) is 11.4. The van der Waals surface area contributed by atoms with E-state index in [0.717, 1.165) is 10.6 Å². The van der Waals surface area contributed by atoms with Gasteiger partial charge in [-0.25, -0.2) is 0 Å². The molecule has 0 aliphatic rings. The van der Waals surface area contributed by atoms with E-state index in [2.05, 4.69) is 30.2 Å². The molecule has 1 aromatic carbocycles. The summed E-state index contributed by atoms with van der Waals surface area (Å²) in [5.74, 6) is 0. The van der Waals surface area contributed by atoms with E-state index in [1.165, 1.54) is 5.56 Å². The van der Waals surface area contributed by atoms with E-state index >= 15 is 0 Å². The van der Waals surface area contributed by atoms with Gasteiger partial charge in [0, 0.05) is 29.5 Å². The highest BCUT2D eigenvalue weighted by Gasteiger charge is 2.12. The Morgan fingerprint density at radius 3 is 2.33 bits per heavy atom. The topological polar surface area (TPSA) is 24.9 Å². The van der Waals surface area contributed by atoms with E-state index in [-0.39, 0.29) is 12.1 Å². The molecule has 0 bridgehead atoms. The molecule has 0 fully saturated rings. The predicted octanol–water partition coefficient (Wildman–Crippen LogP) is 4.15. The highest BCUT2D eigenvalue weighted by molar-refractivity contribution is 6.31. The zero-order valence-electron chi connectivity index (χ0n) is 10.6. The predicted molar refractivity (Wildman–Crippen MR) is 75.7 cm³/mol. The molecule has 0 aliphatic carbocycles. The molecule has 0 aliphatic heterocycles. The lowest BCUT2D eigenvalue weighted by Gasteiger charge is -2.21. The van der Waals surface area contributed by atoms with Crippen molar-refractivity contribution in [1.29, 1.82) is 0 Å². The van der Waals surface area contributed by atoms with Crippen molar-refractivity contribution in [2.75, 3.05) is 0 Å². The third-order valence-corrected chi connectivity index (χ3v) is 3.42. The van der Waals surface area contributed by atoms with Crippen LogP contribution in [-0.4, -0.2) is 4.98 Å². The van der Waals surface area contributed by atoms with Gasteiger partial charge in [0.1, 0.15) is 0 Å². The summed E-state index contributed by atoms with van der Waals surface area (Å²) in [5, 5.41) is 4.35. The van der Waals surface area contributed by atoms with Crippen LogP contribution in [0.5, 0.6) is 0 Å². The quantitative estimate of drug-likeness (QED) is 0.893. The monoisotopic (exact) mass is 260 g/mol. The Hall–Kier alpha value is -1.38. The minimum atomic E-state index is 0.210. The number of rotatable bonds is 4. The molecular weight excluding hydrogens is 244 g/mol. The van der Waals surface area contributed by atoms with Crippen molar-refractivity contribution in [2.45, 2.75) is 25.9 Å². The number of hydrogen-bond donors (Lipinski definition) is 1. The molecule has 2 aromatic rings. The van der Waals surface area contributed by atoms with Gasteiger partial charge in [0.2, 0.25) is 0 Å². The van der Waals surface area contributed by atoms with Crippen LogP contribution in [0.3, 0.4) is 0 Å². The van der Waals surface area contributed by atoms with Crippen molar-refractivity contribution < 1.29 is 0 Å². The van der Waals surface area contributed by atoms with Crippen LogP contribution >= 0.6 is 11.6 Å². The fourth-order valence-electron chi connectivity index (χ4n) is 2.04. The Labute approximate surface area is 113 Å². The summed E-state index contributed by atoms with van der Waals surface area (Å²) in [5.41, 5.74) is 2.35. The molecule has 0 spiro atoms. The molecule has 2 nitrogen and oxygen atoms in total. The van der Waals surface area contributed by atoms with Crippen molar-refractivity contribution in [3.05, 3.63) is 64.9 Å². The largest absolute Gasteiger partial charge is 0.304 e. The minimum Gasteiger partial charge on any atom is -0.304 e. The first-order chi connectivity index (χ1) is 8.68. The number of aromatic nitrogens is 1. The lowest BCUT2D eigenvalue weighted by atomic mass is 10.1. The first-order valence-electron chi connectivity index (χ1n) is 6.09. The lowest BCUT2D eigenvalue weighted by molar-refractivity contribution is 0.494. The molecule has 0 amide bonds. The summed E-state index contributed by atoms with van der Waals surface area (Å²) in [6.07, 6.45) is 3.63. The third-order valence-electron chi connectivity index (χ3n) is 3.08. The summed E-state index contributed by atoms with van der Waals surface area (Å²) < 4.78 is 0. The summed E-state index contributed by atoms with van der Waals surface area (Å²) in [6.45, 7) is 4.27. The number of pyridine rings is 1. The van der Waals surface area contributed by atoms with Crippen molar-refractivity contribution in [3.63, 3.8) is 0 Å². The molecule has 18 heavy (non-hydrogen) atoms.